The van der Waals surface area contributed by atoms with E-state index in [1.165, 1.54) is 32.1 Å². The number of hydrogen-bond donors (Lipinski definition) is 1. The van der Waals surface area contributed by atoms with E-state index < -0.39 is 0 Å². The largest absolute Gasteiger partial charge is 0.378 e. The van der Waals surface area contributed by atoms with Gasteiger partial charge in [-0.1, -0.05) is 0 Å². The van der Waals surface area contributed by atoms with Crippen LogP contribution in [-0.2, 0) is 9.53 Å². The molecule has 4 nitrogen and oxygen atoms in total. The van der Waals surface area contributed by atoms with Gasteiger partial charge < -0.3 is 15.0 Å². The van der Waals surface area contributed by atoms with Crippen LogP contribution in [-0.4, -0.2) is 49.7 Å². The standard InChI is InChI=1S/C16H28N2O2/c19-15(5-4-14-3-1-2-12-20-14)18-11-8-16(13-18)6-9-17-10-7-16/h14,17H,1-13H2. The summed E-state index contributed by atoms with van der Waals surface area (Å²) >= 11 is 0. The van der Waals surface area contributed by atoms with Gasteiger partial charge in [-0.15, -0.1) is 0 Å². The second kappa shape index (κ2) is 6.44. The van der Waals surface area contributed by atoms with Crippen molar-refractivity contribution in [3.8, 4) is 0 Å². The van der Waals surface area contributed by atoms with Gasteiger partial charge in [-0.2, -0.15) is 0 Å². The predicted molar refractivity (Wildman–Crippen MR) is 78.6 cm³/mol. The van der Waals surface area contributed by atoms with Crippen molar-refractivity contribution in [3.05, 3.63) is 0 Å². The van der Waals surface area contributed by atoms with E-state index in [1.807, 2.05) is 0 Å². The lowest BCUT2D eigenvalue weighted by atomic mass is 9.78. The molecule has 0 aromatic rings. The van der Waals surface area contributed by atoms with Gasteiger partial charge in [-0.05, 0) is 63.5 Å². The van der Waals surface area contributed by atoms with E-state index in [4.69, 9.17) is 4.74 Å². The first-order valence-corrected chi connectivity index (χ1v) is 8.38. The van der Waals surface area contributed by atoms with E-state index in [0.717, 1.165) is 45.6 Å². The molecule has 4 heteroatoms. The zero-order chi connectivity index (χ0) is 13.8. The van der Waals surface area contributed by atoms with Gasteiger partial charge in [-0.3, -0.25) is 4.79 Å². The Bertz CT molecular complexity index is 333. The minimum Gasteiger partial charge on any atom is -0.378 e. The Kier molecular flexibility index (Phi) is 4.61. The number of hydrogen-bond acceptors (Lipinski definition) is 3. The third-order valence-electron chi connectivity index (χ3n) is 5.41. The Hall–Kier alpha value is -0.610. The summed E-state index contributed by atoms with van der Waals surface area (Å²) in [5, 5.41) is 3.43. The van der Waals surface area contributed by atoms with Crippen molar-refractivity contribution < 1.29 is 9.53 Å². The smallest absolute Gasteiger partial charge is 0.222 e. The van der Waals surface area contributed by atoms with Crippen molar-refractivity contribution in [3.63, 3.8) is 0 Å². The third-order valence-corrected chi connectivity index (χ3v) is 5.41. The Morgan fingerprint density at radius 3 is 2.85 bits per heavy atom. The fourth-order valence-corrected chi connectivity index (χ4v) is 3.99. The Morgan fingerprint density at radius 1 is 1.25 bits per heavy atom. The van der Waals surface area contributed by atoms with Crippen molar-refractivity contribution in [1.82, 2.24) is 10.2 Å². The molecule has 0 aliphatic carbocycles. The molecule has 3 fully saturated rings. The molecule has 1 atom stereocenters. The highest BCUT2D eigenvalue weighted by Crippen LogP contribution is 2.38. The van der Waals surface area contributed by atoms with Crippen molar-refractivity contribution in [1.29, 1.82) is 0 Å². The first kappa shape index (κ1) is 14.3. The Balaban J connectivity index is 1.43. The van der Waals surface area contributed by atoms with Crippen LogP contribution in [0, 0.1) is 5.41 Å². The lowest BCUT2D eigenvalue weighted by molar-refractivity contribution is -0.131. The van der Waals surface area contributed by atoms with Gasteiger partial charge >= 0.3 is 0 Å². The van der Waals surface area contributed by atoms with Crippen molar-refractivity contribution >= 4 is 5.91 Å². The molecule has 1 N–H and O–H groups in total. The number of carbonyl (C=O) groups excluding carboxylic acids is 1. The van der Waals surface area contributed by atoms with Crippen molar-refractivity contribution in [2.24, 2.45) is 5.41 Å². The van der Waals surface area contributed by atoms with E-state index >= 15 is 0 Å². The molecule has 3 rings (SSSR count). The molecule has 0 radical (unpaired) electrons. The Morgan fingerprint density at radius 2 is 2.10 bits per heavy atom. The molecule has 1 amide bonds. The number of nitrogens with one attached hydrogen (secondary N) is 1. The number of carbonyl (C=O) groups is 1. The van der Waals surface area contributed by atoms with Gasteiger partial charge in [0.2, 0.25) is 5.91 Å². The van der Waals surface area contributed by atoms with Crippen molar-refractivity contribution in [2.45, 2.75) is 57.5 Å². The van der Waals surface area contributed by atoms with Gasteiger partial charge in [0, 0.05) is 26.1 Å². The van der Waals surface area contributed by atoms with Gasteiger partial charge in [-0.25, -0.2) is 0 Å². The lowest BCUT2D eigenvalue weighted by Crippen LogP contribution is -2.39. The van der Waals surface area contributed by atoms with E-state index in [0.29, 0.717) is 23.8 Å². The number of ether oxygens (including phenoxy) is 1. The van der Waals surface area contributed by atoms with Crippen LogP contribution in [0.5, 0.6) is 0 Å². The predicted octanol–water partition coefficient (Wildman–Crippen LogP) is 1.94. The SMILES string of the molecule is O=C(CCC1CCCCO1)N1CCC2(CCNCC2)C1. The van der Waals surface area contributed by atoms with Crippen LogP contribution in [0.2, 0.25) is 0 Å². The molecular weight excluding hydrogens is 252 g/mol. The van der Waals surface area contributed by atoms with Crippen LogP contribution in [0.4, 0.5) is 0 Å². The fourth-order valence-electron chi connectivity index (χ4n) is 3.99. The maximum absolute atomic E-state index is 12.4. The summed E-state index contributed by atoms with van der Waals surface area (Å²) in [6.45, 7) is 5.11. The second-order valence-corrected chi connectivity index (χ2v) is 6.84. The van der Waals surface area contributed by atoms with E-state index in [9.17, 15) is 4.79 Å². The molecular formula is C16H28N2O2. The topological polar surface area (TPSA) is 41.6 Å². The molecule has 0 aromatic heterocycles. The number of likely N-dealkylation sites (tertiary alicyclic amines) is 1. The number of nitrogens with zero attached hydrogens (tertiary/aromatic N) is 1. The summed E-state index contributed by atoms with van der Waals surface area (Å²) in [4.78, 5) is 14.5. The lowest BCUT2D eigenvalue weighted by Gasteiger charge is -2.33. The van der Waals surface area contributed by atoms with E-state index in [2.05, 4.69) is 10.2 Å². The van der Waals surface area contributed by atoms with Crippen LogP contribution >= 0.6 is 0 Å². The summed E-state index contributed by atoms with van der Waals surface area (Å²) in [6.07, 6.45) is 9.21. The molecule has 0 saturated carbocycles. The van der Waals surface area contributed by atoms with Crippen LogP contribution < -0.4 is 5.32 Å². The van der Waals surface area contributed by atoms with Crippen LogP contribution in [0.1, 0.15) is 51.4 Å². The Labute approximate surface area is 122 Å². The summed E-state index contributed by atoms with van der Waals surface area (Å²) in [5.74, 6) is 0.356. The summed E-state index contributed by atoms with van der Waals surface area (Å²) in [5.41, 5.74) is 0.433. The average molecular weight is 280 g/mol. The number of piperidine rings is 1. The average Bonchev–Trinajstić information content (AvgIpc) is 2.90. The minimum absolute atomic E-state index is 0.336. The summed E-state index contributed by atoms with van der Waals surface area (Å²) < 4.78 is 5.72. The maximum Gasteiger partial charge on any atom is 0.222 e. The normalized spacial score (nSPS) is 29.8. The fraction of sp³-hybridized carbons (Fsp3) is 0.938. The van der Waals surface area contributed by atoms with Crippen LogP contribution in [0.15, 0.2) is 0 Å². The van der Waals surface area contributed by atoms with Gasteiger partial charge in [0.15, 0.2) is 0 Å². The molecule has 0 bridgehead atoms. The van der Waals surface area contributed by atoms with E-state index in [1.54, 1.807) is 0 Å². The highest BCUT2D eigenvalue weighted by molar-refractivity contribution is 5.76. The monoisotopic (exact) mass is 280 g/mol. The molecule has 0 aromatic carbocycles. The zero-order valence-corrected chi connectivity index (χ0v) is 12.5. The molecule has 1 spiro atoms. The molecule has 3 heterocycles. The molecule has 114 valence electrons. The highest BCUT2D eigenvalue weighted by Gasteiger charge is 2.40. The maximum atomic E-state index is 12.4. The highest BCUT2D eigenvalue weighted by atomic mass is 16.5. The second-order valence-electron chi connectivity index (χ2n) is 6.84. The first-order valence-electron chi connectivity index (χ1n) is 8.38. The zero-order valence-electron chi connectivity index (χ0n) is 12.5. The first-order chi connectivity index (χ1) is 9.77. The minimum atomic E-state index is 0.336. The third kappa shape index (κ3) is 3.34. The van der Waals surface area contributed by atoms with Crippen molar-refractivity contribution in [2.75, 3.05) is 32.8 Å². The quantitative estimate of drug-likeness (QED) is 0.859. The van der Waals surface area contributed by atoms with Gasteiger partial charge in [0.25, 0.3) is 0 Å². The number of rotatable bonds is 3. The molecule has 1 unspecified atom stereocenters. The summed E-state index contributed by atoms with van der Waals surface area (Å²) in [7, 11) is 0. The number of amides is 1. The van der Waals surface area contributed by atoms with E-state index in [-0.39, 0.29) is 0 Å². The van der Waals surface area contributed by atoms with Crippen LogP contribution in [0.25, 0.3) is 0 Å². The molecule has 20 heavy (non-hydrogen) atoms. The summed E-state index contributed by atoms with van der Waals surface area (Å²) in [6, 6.07) is 0. The molecule has 3 saturated heterocycles. The van der Waals surface area contributed by atoms with Gasteiger partial charge in [0.1, 0.15) is 0 Å². The van der Waals surface area contributed by atoms with Crippen LogP contribution in [0.3, 0.4) is 0 Å². The van der Waals surface area contributed by atoms with Gasteiger partial charge in [0.05, 0.1) is 6.10 Å². The molecule has 3 aliphatic rings. The molecule has 3 aliphatic heterocycles.